The van der Waals surface area contributed by atoms with E-state index in [2.05, 4.69) is 5.32 Å². The molecule has 19 heavy (non-hydrogen) atoms. The molecular weight excluding hydrogens is 286 g/mol. The third-order valence-electron chi connectivity index (χ3n) is 2.62. The van der Waals surface area contributed by atoms with Gasteiger partial charge in [-0.1, -0.05) is 17.7 Å². The first kappa shape index (κ1) is 15.9. The molecule has 1 amide bonds. The van der Waals surface area contributed by atoms with Crippen LogP contribution in [0, 0.1) is 6.92 Å². The number of nitrogens with one attached hydrogen (secondary N) is 1. The van der Waals surface area contributed by atoms with Crippen LogP contribution in [-0.2, 0) is 9.59 Å². The first-order valence-electron chi connectivity index (χ1n) is 5.66. The van der Waals surface area contributed by atoms with E-state index in [-0.39, 0.29) is 11.7 Å². The molecule has 0 aliphatic carbocycles. The summed E-state index contributed by atoms with van der Waals surface area (Å²) in [5.74, 6) is -1.11. The molecule has 0 aromatic heterocycles. The van der Waals surface area contributed by atoms with Gasteiger partial charge in [0.25, 0.3) is 0 Å². The van der Waals surface area contributed by atoms with Crippen LogP contribution in [0.5, 0.6) is 0 Å². The molecule has 0 bridgehead atoms. The minimum Gasteiger partial charge on any atom is -0.480 e. The lowest BCUT2D eigenvalue weighted by Gasteiger charge is -2.18. The number of carboxylic acid groups (broad SMARTS) is 1. The summed E-state index contributed by atoms with van der Waals surface area (Å²) in [4.78, 5) is 22.7. The number of thioether (sulfide) groups is 1. The lowest BCUT2D eigenvalue weighted by molar-refractivity contribution is -0.138. The topological polar surface area (TPSA) is 66.4 Å². The van der Waals surface area contributed by atoms with Gasteiger partial charge in [-0.3, -0.25) is 9.59 Å². The molecule has 0 saturated carbocycles. The van der Waals surface area contributed by atoms with Gasteiger partial charge in [-0.05, 0) is 38.5 Å². The predicted octanol–water partition coefficient (Wildman–Crippen LogP) is 3.18. The van der Waals surface area contributed by atoms with E-state index in [0.717, 1.165) is 17.3 Å². The Morgan fingerprint density at radius 3 is 2.63 bits per heavy atom. The van der Waals surface area contributed by atoms with Crippen LogP contribution in [0.15, 0.2) is 18.2 Å². The smallest absolute Gasteiger partial charge is 0.319 e. The summed E-state index contributed by atoms with van der Waals surface area (Å²) in [6.07, 6.45) is 0. The predicted molar refractivity (Wildman–Crippen MR) is 79.0 cm³/mol. The minimum atomic E-state index is -0.985. The van der Waals surface area contributed by atoms with Gasteiger partial charge < -0.3 is 10.4 Å². The first-order valence-corrected chi connectivity index (χ1v) is 7.02. The summed E-state index contributed by atoms with van der Waals surface area (Å²) in [6.45, 7) is 4.95. The first-order chi connectivity index (χ1) is 8.74. The Balaban J connectivity index is 2.62. The normalized spacial score (nSPS) is 11.2. The largest absolute Gasteiger partial charge is 0.480 e. The Morgan fingerprint density at radius 2 is 2.05 bits per heavy atom. The van der Waals surface area contributed by atoms with Crippen LogP contribution in [0.2, 0.25) is 5.02 Å². The highest BCUT2D eigenvalue weighted by molar-refractivity contribution is 8.02. The highest BCUT2D eigenvalue weighted by Crippen LogP contribution is 2.26. The monoisotopic (exact) mass is 301 g/mol. The molecule has 6 heteroatoms. The van der Waals surface area contributed by atoms with E-state index < -0.39 is 10.7 Å². The van der Waals surface area contributed by atoms with E-state index in [0.29, 0.717) is 10.7 Å². The highest BCUT2D eigenvalue weighted by Gasteiger charge is 2.28. The molecule has 0 unspecified atom stereocenters. The van der Waals surface area contributed by atoms with Gasteiger partial charge in [0, 0.05) is 10.7 Å². The fourth-order valence-electron chi connectivity index (χ4n) is 1.24. The molecule has 0 spiro atoms. The van der Waals surface area contributed by atoms with Crippen LogP contribution < -0.4 is 5.32 Å². The maximum absolute atomic E-state index is 11.8. The van der Waals surface area contributed by atoms with Crippen molar-refractivity contribution in [3.63, 3.8) is 0 Å². The molecule has 0 aliphatic rings. The van der Waals surface area contributed by atoms with Crippen LogP contribution in [0.1, 0.15) is 19.4 Å². The summed E-state index contributed by atoms with van der Waals surface area (Å²) < 4.78 is -0.985. The van der Waals surface area contributed by atoms with Gasteiger partial charge in [-0.25, -0.2) is 0 Å². The van der Waals surface area contributed by atoms with Crippen molar-refractivity contribution in [2.45, 2.75) is 25.5 Å². The summed E-state index contributed by atoms with van der Waals surface area (Å²) >= 11 is 7.03. The maximum atomic E-state index is 11.8. The number of hydrogen-bond acceptors (Lipinski definition) is 3. The molecule has 0 radical (unpaired) electrons. The second kappa shape index (κ2) is 6.30. The zero-order chi connectivity index (χ0) is 14.6. The lowest BCUT2D eigenvalue weighted by atomic mass is 10.2. The Morgan fingerprint density at radius 1 is 1.42 bits per heavy atom. The summed E-state index contributed by atoms with van der Waals surface area (Å²) in [5, 5.41) is 12.3. The number of halogens is 1. The number of hydrogen-bond donors (Lipinski definition) is 2. The second-order valence-electron chi connectivity index (χ2n) is 4.56. The van der Waals surface area contributed by atoms with E-state index >= 15 is 0 Å². The summed E-state index contributed by atoms with van der Waals surface area (Å²) in [6, 6.07) is 5.25. The van der Waals surface area contributed by atoms with E-state index in [4.69, 9.17) is 16.7 Å². The molecule has 0 saturated heterocycles. The number of anilines is 1. The van der Waals surface area contributed by atoms with Gasteiger partial charge in [0.2, 0.25) is 5.91 Å². The molecule has 2 N–H and O–H groups in total. The molecule has 1 aromatic rings. The SMILES string of the molecule is Cc1c(Cl)cccc1NC(=O)CSC(C)(C)C(=O)O. The Labute approximate surface area is 121 Å². The Kier molecular flexibility index (Phi) is 5.26. The fraction of sp³-hybridized carbons (Fsp3) is 0.385. The van der Waals surface area contributed by atoms with Gasteiger partial charge >= 0.3 is 5.97 Å². The minimum absolute atomic E-state index is 0.0747. The molecular formula is C13H16ClNO3S. The summed E-state index contributed by atoms with van der Waals surface area (Å²) in [5.41, 5.74) is 1.44. The van der Waals surface area contributed by atoms with E-state index in [1.807, 2.05) is 6.92 Å². The maximum Gasteiger partial charge on any atom is 0.319 e. The fourth-order valence-corrected chi connectivity index (χ4v) is 2.10. The van der Waals surface area contributed by atoms with Gasteiger partial charge in [-0.2, -0.15) is 0 Å². The van der Waals surface area contributed by atoms with Crippen molar-refractivity contribution in [1.29, 1.82) is 0 Å². The van der Waals surface area contributed by atoms with Crippen molar-refractivity contribution in [3.8, 4) is 0 Å². The van der Waals surface area contributed by atoms with Crippen LogP contribution in [0.4, 0.5) is 5.69 Å². The van der Waals surface area contributed by atoms with Gasteiger partial charge in [0.05, 0.1) is 5.75 Å². The van der Waals surface area contributed by atoms with Gasteiger partial charge in [0.15, 0.2) is 0 Å². The summed E-state index contributed by atoms with van der Waals surface area (Å²) in [7, 11) is 0. The Bertz CT molecular complexity index is 503. The van der Waals surface area contributed by atoms with E-state index in [1.165, 1.54) is 0 Å². The number of carboxylic acids is 1. The molecule has 0 aliphatic heterocycles. The van der Waals surface area contributed by atoms with Crippen molar-refractivity contribution >= 4 is 40.9 Å². The number of benzene rings is 1. The van der Waals surface area contributed by atoms with Gasteiger partial charge in [-0.15, -0.1) is 11.8 Å². The van der Waals surface area contributed by atoms with Crippen molar-refractivity contribution in [3.05, 3.63) is 28.8 Å². The number of carbonyl (C=O) groups excluding carboxylic acids is 1. The Hall–Kier alpha value is -1.20. The number of carbonyl (C=O) groups is 2. The van der Waals surface area contributed by atoms with Crippen molar-refractivity contribution < 1.29 is 14.7 Å². The standard InChI is InChI=1S/C13H16ClNO3S/c1-8-9(14)5-4-6-10(8)15-11(16)7-19-13(2,3)12(17)18/h4-6H,7H2,1-3H3,(H,15,16)(H,17,18). The molecule has 0 fully saturated rings. The van der Waals surface area contributed by atoms with Crippen molar-refractivity contribution in [2.75, 3.05) is 11.1 Å². The van der Waals surface area contributed by atoms with Gasteiger partial charge in [0.1, 0.15) is 4.75 Å². The number of rotatable bonds is 5. The van der Waals surface area contributed by atoms with Crippen LogP contribution >= 0.6 is 23.4 Å². The van der Waals surface area contributed by atoms with Crippen molar-refractivity contribution in [1.82, 2.24) is 0 Å². The lowest BCUT2D eigenvalue weighted by Crippen LogP contribution is -2.29. The van der Waals surface area contributed by atoms with Crippen molar-refractivity contribution in [2.24, 2.45) is 0 Å². The van der Waals surface area contributed by atoms with Crippen LogP contribution in [0.3, 0.4) is 0 Å². The average Bonchev–Trinajstić information content (AvgIpc) is 2.32. The molecule has 1 rings (SSSR count). The zero-order valence-corrected chi connectivity index (χ0v) is 12.6. The third-order valence-corrected chi connectivity index (χ3v) is 4.33. The highest BCUT2D eigenvalue weighted by atomic mass is 35.5. The van der Waals surface area contributed by atoms with E-state index in [1.54, 1.807) is 32.0 Å². The van der Waals surface area contributed by atoms with E-state index in [9.17, 15) is 9.59 Å². The number of aliphatic carboxylic acids is 1. The molecule has 1 aromatic carbocycles. The molecule has 0 heterocycles. The van der Waals surface area contributed by atoms with Crippen LogP contribution in [0.25, 0.3) is 0 Å². The molecule has 104 valence electrons. The molecule has 4 nitrogen and oxygen atoms in total. The van der Waals surface area contributed by atoms with Crippen LogP contribution in [-0.4, -0.2) is 27.5 Å². The third kappa shape index (κ3) is 4.44. The quantitative estimate of drug-likeness (QED) is 0.876. The second-order valence-corrected chi connectivity index (χ2v) is 6.57. The number of amides is 1. The average molecular weight is 302 g/mol. The molecule has 0 atom stereocenters. The zero-order valence-electron chi connectivity index (χ0n) is 11.0.